The molecule has 0 bridgehead atoms. The summed E-state index contributed by atoms with van der Waals surface area (Å²) in [5, 5.41) is 5.86. The molecule has 4 nitrogen and oxygen atoms in total. The molecule has 1 unspecified atom stereocenters. The molecule has 0 aliphatic carbocycles. The van der Waals surface area contributed by atoms with Gasteiger partial charge in [-0.1, -0.05) is 24.3 Å². The largest absolute Gasteiger partial charge is 0.411 e. The minimum Gasteiger partial charge on any atom is -0.362 e. The lowest BCUT2D eigenvalue weighted by Crippen LogP contribution is -2.40. The molecule has 1 aliphatic rings. The Labute approximate surface area is 120 Å². The second kappa shape index (κ2) is 6.91. The molecule has 21 heavy (non-hydrogen) atoms. The topological polar surface area (TPSA) is 50.4 Å². The highest BCUT2D eigenvalue weighted by Gasteiger charge is 2.28. The first-order chi connectivity index (χ1) is 9.96. The number of carbonyl (C=O) groups is 1. The second-order valence-corrected chi connectivity index (χ2v) is 4.87. The zero-order valence-corrected chi connectivity index (χ0v) is 11.4. The predicted molar refractivity (Wildman–Crippen MR) is 70.8 cm³/mol. The maximum atomic E-state index is 11.9. The van der Waals surface area contributed by atoms with Crippen LogP contribution in [-0.2, 0) is 16.0 Å². The van der Waals surface area contributed by atoms with E-state index < -0.39 is 25.3 Å². The number of halogens is 3. The molecule has 1 aromatic rings. The number of hydrogen-bond donors (Lipinski definition) is 2. The van der Waals surface area contributed by atoms with Crippen molar-refractivity contribution >= 4 is 5.91 Å². The Morgan fingerprint density at radius 3 is 2.90 bits per heavy atom. The quantitative estimate of drug-likeness (QED) is 0.868. The van der Waals surface area contributed by atoms with Crippen molar-refractivity contribution < 1.29 is 22.7 Å². The summed E-state index contributed by atoms with van der Waals surface area (Å²) < 4.78 is 40.0. The van der Waals surface area contributed by atoms with Gasteiger partial charge >= 0.3 is 6.18 Å². The lowest BCUT2D eigenvalue weighted by molar-refractivity contribution is -0.175. The predicted octanol–water partition coefficient (Wildman–Crippen LogP) is 1.57. The number of amides is 1. The summed E-state index contributed by atoms with van der Waals surface area (Å²) in [6.45, 7) is -0.869. The van der Waals surface area contributed by atoms with E-state index in [0.29, 0.717) is 6.54 Å². The summed E-state index contributed by atoms with van der Waals surface area (Å²) in [6.07, 6.45) is -3.49. The molecule has 0 spiro atoms. The van der Waals surface area contributed by atoms with Crippen LogP contribution in [0.5, 0.6) is 0 Å². The second-order valence-electron chi connectivity index (χ2n) is 4.87. The zero-order chi connectivity index (χ0) is 15.3. The molecule has 2 N–H and O–H groups in total. The van der Waals surface area contributed by atoms with Crippen LogP contribution in [0.15, 0.2) is 24.3 Å². The normalized spacial score (nSPS) is 18.1. The molecule has 116 valence electrons. The standard InChI is InChI=1S/C14H17F3N2O2/c15-14(16,17)9-21-8-13(20)19-7-12-11-4-2-1-3-10(11)5-6-18-12/h1-4,12,18H,5-9H2,(H,19,20). The molecule has 0 aromatic heterocycles. The number of alkyl halides is 3. The minimum absolute atomic E-state index is 0.0264. The molecule has 0 fully saturated rings. The summed E-state index contributed by atoms with van der Waals surface area (Å²) in [4.78, 5) is 11.5. The summed E-state index contributed by atoms with van der Waals surface area (Å²) >= 11 is 0. The highest BCUT2D eigenvalue weighted by atomic mass is 19.4. The van der Waals surface area contributed by atoms with Crippen molar-refractivity contribution in [2.24, 2.45) is 0 Å². The number of rotatable bonds is 5. The molecule has 2 rings (SSSR count). The van der Waals surface area contributed by atoms with E-state index in [9.17, 15) is 18.0 Å². The SMILES string of the molecule is O=C(COCC(F)(F)F)NCC1NCCc2ccccc21. The Bertz CT molecular complexity index is 491. The smallest absolute Gasteiger partial charge is 0.362 e. The minimum atomic E-state index is -4.41. The number of hydrogen-bond acceptors (Lipinski definition) is 3. The maximum Gasteiger partial charge on any atom is 0.411 e. The van der Waals surface area contributed by atoms with Crippen molar-refractivity contribution in [2.75, 3.05) is 26.3 Å². The van der Waals surface area contributed by atoms with Gasteiger partial charge in [0.1, 0.15) is 13.2 Å². The third-order valence-electron chi connectivity index (χ3n) is 3.22. The summed E-state index contributed by atoms with van der Waals surface area (Å²) in [7, 11) is 0. The molecule has 1 aromatic carbocycles. The fraction of sp³-hybridized carbons (Fsp3) is 0.500. The van der Waals surface area contributed by atoms with Gasteiger partial charge in [-0.3, -0.25) is 4.79 Å². The zero-order valence-electron chi connectivity index (χ0n) is 11.4. The number of fused-ring (bicyclic) bond motifs is 1. The summed E-state index contributed by atoms with van der Waals surface area (Å²) in [6, 6.07) is 7.88. The van der Waals surface area contributed by atoms with E-state index in [1.54, 1.807) is 0 Å². The highest BCUT2D eigenvalue weighted by Crippen LogP contribution is 2.21. The lowest BCUT2D eigenvalue weighted by Gasteiger charge is -2.27. The monoisotopic (exact) mass is 302 g/mol. The molecule has 1 atom stereocenters. The average Bonchev–Trinajstić information content (AvgIpc) is 2.43. The van der Waals surface area contributed by atoms with Gasteiger partial charge in [0.15, 0.2) is 0 Å². The Balaban J connectivity index is 1.77. The van der Waals surface area contributed by atoms with Gasteiger partial charge in [0, 0.05) is 12.6 Å². The highest BCUT2D eigenvalue weighted by molar-refractivity contribution is 5.77. The van der Waals surface area contributed by atoms with E-state index in [4.69, 9.17) is 0 Å². The van der Waals surface area contributed by atoms with Gasteiger partial charge in [-0.05, 0) is 24.1 Å². The Morgan fingerprint density at radius 2 is 2.14 bits per heavy atom. The first-order valence-corrected chi connectivity index (χ1v) is 6.68. The van der Waals surface area contributed by atoms with Gasteiger partial charge in [0.25, 0.3) is 0 Å². The molecule has 1 aliphatic heterocycles. The van der Waals surface area contributed by atoms with Gasteiger partial charge in [-0.25, -0.2) is 0 Å². The molecular formula is C14H17F3N2O2. The Morgan fingerprint density at radius 1 is 1.38 bits per heavy atom. The fourth-order valence-corrected chi connectivity index (χ4v) is 2.30. The van der Waals surface area contributed by atoms with Crippen molar-refractivity contribution in [3.05, 3.63) is 35.4 Å². The van der Waals surface area contributed by atoms with E-state index in [0.717, 1.165) is 18.5 Å². The third kappa shape index (κ3) is 5.02. The van der Waals surface area contributed by atoms with E-state index in [1.165, 1.54) is 5.56 Å². The van der Waals surface area contributed by atoms with Crippen molar-refractivity contribution in [3.63, 3.8) is 0 Å². The van der Waals surface area contributed by atoms with Crippen LogP contribution in [0, 0.1) is 0 Å². The first kappa shape index (κ1) is 15.8. The van der Waals surface area contributed by atoms with Crippen LogP contribution < -0.4 is 10.6 Å². The van der Waals surface area contributed by atoms with Gasteiger partial charge in [0.05, 0.1) is 0 Å². The molecular weight excluding hydrogens is 285 g/mol. The number of benzene rings is 1. The Hall–Kier alpha value is -1.60. The number of carbonyl (C=O) groups excluding carboxylic acids is 1. The van der Waals surface area contributed by atoms with Gasteiger partial charge in [-0.2, -0.15) is 13.2 Å². The molecule has 0 radical (unpaired) electrons. The summed E-state index contributed by atoms with van der Waals surface area (Å²) in [5.41, 5.74) is 2.34. The third-order valence-corrected chi connectivity index (χ3v) is 3.22. The number of ether oxygens (including phenoxy) is 1. The van der Waals surface area contributed by atoms with Crippen LogP contribution in [0.3, 0.4) is 0 Å². The van der Waals surface area contributed by atoms with Crippen LogP contribution in [0.2, 0.25) is 0 Å². The van der Waals surface area contributed by atoms with Crippen molar-refractivity contribution in [2.45, 2.75) is 18.6 Å². The molecule has 0 saturated heterocycles. The Kier molecular flexibility index (Phi) is 5.19. The van der Waals surface area contributed by atoms with E-state index in [1.807, 2.05) is 24.3 Å². The van der Waals surface area contributed by atoms with Gasteiger partial charge < -0.3 is 15.4 Å². The first-order valence-electron chi connectivity index (χ1n) is 6.68. The average molecular weight is 302 g/mol. The van der Waals surface area contributed by atoms with E-state index >= 15 is 0 Å². The maximum absolute atomic E-state index is 11.9. The van der Waals surface area contributed by atoms with Crippen LogP contribution >= 0.6 is 0 Å². The molecule has 1 amide bonds. The van der Waals surface area contributed by atoms with Crippen LogP contribution in [-0.4, -0.2) is 38.4 Å². The van der Waals surface area contributed by atoms with Crippen molar-refractivity contribution in [1.29, 1.82) is 0 Å². The van der Waals surface area contributed by atoms with Crippen LogP contribution in [0.25, 0.3) is 0 Å². The van der Waals surface area contributed by atoms with Crippen LogP contribution in [0.1, 0.15) is 17.2 Å². The van der Waals surface area contributed by atoms with Crippen molar-refractivity contribution in [1.82, 2.24) is 10.6 Å². The molecule has 1 heterocycles. The van der Waals surface area contributed by atoms with E-state index in [-0.39, 0.29) is 6.04 Å². The number of nitrogens with one attached hydrogen (secondary N) is 2. The van der Waals surface area contributed by atoms with Gasteiger partial charge in [0.2, 0.25) is 5.91 Å². The fourth-order valence-electron chi connectivity index (χ4n) is 2.30. The van der Waals surface area contributed by atoms with Crippen molar-refractivity contribution in [3.8, 4) is 0 Å². The lowest BCUT2D eigenvalue weighted by atomic mass is 9.94. The van der Waals surface area contributed by atoms with Gasteiger partial charge in [-0.15, -0.1) is 0 Å². The van der Waals surface area contributed by atoms with E-state index in [2.05, 4.69) is 15.4 Å². The summed E-state index contributed by atoms with van der Waals surface area (Å²) in [5.74, 6) is -0.552. The molecule has 0 saturated carbocycles. The van der Waals surface area contributed by atoms with Crippen LogP contribution in [0.4, 0.5) is 13.2 Å². The molecule has 7 heteroatoms.